The van der Waals surface area contributed by atoms with E-state index in [9.17, 15) is 9.59 Å². The Bertz CT molecular complexity index is 356. The molecule has 0 aromatic heterocycles. The zero-order chi connectivity index (χ0) is 13.2. The highest BCUT2D eigenvalue weighted by molar-refractivity contribution is 5.79. The molecule has 19 heavy (non-hydrogen) atoms. The molecule has 1 atom stereocenters. The van der Waals surface area contributed by atoms with E-state index >= 15 is 0 Å². The summed E-state index contributed by atoms with van der Waals surface area (Å²) in [5.74, 6) is 1.78. The van der Waals surface area contributed by atoms with Gasteiger partial charge in [0.1, 0.15) is 0 Å². The van der Waals surface area contributed by atoms with Crippen molar-refractivity contribution in [3.63, 3.8) is 0 Å². The summed E-state index contributed by atoms with van der Waals surface area (Å²) in [6.07, 6.45) is 7.76. The van der Waals surface area contributed by atoms with Crippen molar-refractivity contribution in [3.8, 4) is 0 Å². The predicted molar refractivity (Wildman–Crippen MR) is 70.3 cm³/mol. The van der Waals surface area contributed by atoms with Crippen molar-refractivity contribution in [2.45, 2.75) is 44.9 Å². The number of carbonyl (C=O) groups is 2. The summed E-state index contributed by atoms with van der Waals surface area (Å²) in [5, 5.41) is 0. The molecule has 2 saturated heterocycles. The Hall–Kier alpha value is -1.06. The maximum Gasteiger partial charge on any atom is 0.306 e. The number of hydrogen-bond acceptors (Lipinski definition) is 3. The molecule has 0 radical (unpaired) electrons. The zero-order valence-corrected chi connectivity index (χ0v) is 11.5. The van der Waals surface area contributed by atoms with Crippen LogP contribution in [0, 0.1) is 17.8 Å². The molecule has 0 bridgehead atoms. The van der Waals surface area contributed by atoms with Crippen LogP contribution in [0.15, 0.2) is 0 Å². The number of cyclic esters (lactones) is 1. The van der Waals surface area contributed by atoms with E-state index in [1.807, 2.05) is 4.90 Å². The molecule has 3 aliphatic rings. The van der Waals surface area contributed by atoms with Gasteiger partial charge in [0, 0.05) is 25.4 Å². The van der Waals surface area contributed by atoms with Crippen LogP contribution in [-0.2, 0) is 14.3 Å². The average Bonchev–Trinajstić information content (AvgIpc) is 2.74. The minimum atomic E-state index is -0.151. The van der Waals surface area contributed by atoms with E-state index in [1.54, 1.807) is 0 Å². The maximum atomic E-state index is 12.1. The van der Waals surface area contributed by atoms with E-state index in [-0.39, 0.29) is 17.8 Å². The van der Waals surface area contributed by atoms with Crippen molar-refractivity contribution in [2.24, 2.45) is 17.8 Å². The number of esters is 1. The van der Waals surface area contributed by atoms with E-state index < -0.39 is 0 Å². The van der Waals surface area contributed by atoms with Crippen molar-refractivity contribution in [1.29, 1.82) is 0 Å². The quantitative estimate of drug-likeness (QED) is 0.733. The molecule has 106 valence electrons. The topological polar surface area (TPSA) is 46.6 Å². The molecule has 1 unspecified atom stereocenters. The summed E-state index contributed by atoms with van der Waals surface area (Å²) in [5.41, 5.74) is 0. The summed E-state index contributed by atoms with van der Waals surface area (Å²) in [7, 11) is 0. The molecular formula is C15H23NO3. The second-order valence-corrected chi connectivity index (χ2v) is 6.41. The molecule has 0 N–H and O–H groups in total. The standard InChI is InChI=1S/C15H23NO3/c17-14(6-11-7-15(18)19-10-11)16-8-13(9-16)12-4-2-1-3-5-12/h11-13H,1-10H2. The van der Waals surface area contributed by atoms with Crippen LogP contribution in [0.2, 0.25) is 0 Å². The van der Waals surface area contributed by atoms with E-state index in [0.29, 0.717) is 19.4 Å². The van der Waals surface area contributed by atoms with Gasteiger partial charge in [-0.3, -0.25) is 9.59 Å². The first-order valence-electron chi connectivity index (χ1n) is 7.66. The monoisotopic (exact) mass is 265 g/mol. The van der Waals surface area contributed by atoms with Gasteiger partial charge in [-0.1, -0.05) is 32.1 Å². The molecular weight excluding hydrogens is 242 g/mol. The van der Waals surface area contributed by atoms with E-state index in [1.165, 1.54) is 32.1 Å². The molecule has 4 nitrogen and oxygen atoms in total. The van der Waals surface area contributed by atoms with Crippen LogP contribution in [0.5, 0.6) is 0 Å². The first kappa shape index (κ1) is 12.9. The van der Waals surface area contributed by atoms with Crippen LogP contribution in [0.4, 0.5) is 0 Å². The second-order valence-electron chi connectivity index (χ2n) is 6.41. The Morgan fingerprint density at radius 2 is 1.89 bits per heavy atom. The van der Waals surface area contributed by atoms with Crippen molar-refractivity contribution in [1.82, 2.24) is 4.90 Å². The Morgan fingerprint density at radius 1 is 1.16 bits per heavy atom. The number of likely N-dealkylation sites (tertiary alicyclic amines) is 1. The number of rotatable bonds is 3. The van der Waals surface area contributed by atoms with Gasteiger partial charge in [-0.15, -0.1) is 0 Å². The van der Waals surface area contributed by atoms with Gasteiger partial charge in [0.15, 0.2) is 0 Å². The summed E-state index contributed by atoms with van der Waals surface area (Å²) in [6, 6.07) is 0. The highest BCUT2D eigenvalue weighted by Crippen LogP contribution is 2.35. The summed E-state index contributed by atoms with van der Waals surface area (Å²) < 4.78 is 4.90. The lowest BCUT2D eigenvalue weighted by atomic mass is 9.76. The fourth-order valence-electron chi connectivity index (χ4n) is 3.69. The molecule has 1 amide bonds. The number of hydrogen-bond donors (Lipinski definition) is 0. The molecule has 0 aromatic rings. The second kappa shape index (κ2) is 5.51. The summed E-state index contributed by atoms with van der Waals surface area (Å²) in [4.78, 5) is 25.0. The minimum Gasteiger partial charge on any atom is -0.465 e. The van der Waals surface area contributed by atoms with Crippen LogP contribution >= 0.6 is 0 Å². The maximum absolute atomic E-state index is 12.1. The lowest BCUT2D eigenvalue weighted by Crippen LogP contribution is -2.53. The van der Waals surface area contributed by atoms with Crippen LogP contribution in [0.25, 0.3) is 0 Å². The van der Waals surface area contributed by atoms with Gasteiger partial charge in [-0.25, -0.2) is 0 Å². The number of amides is 1. The average molecular weight is 265 g/mol. The molecule has 4 heteroatoms. The predicted octanol–water partition coefficient (Wildman–Crippen LogP) is 1.98. The highest BCUT2D eigenvalue weighted by atomic mass is 16.5. The van der Waals surface area contributed by atoms with E-state index in [2.05, 4.69) is 0 Å². The molecule has 3 rings (SSSR count). The van der Waals surface area contributed by atoms with E-state index in [0.717, 1.165) is 24.9 Å². The van der Waals surface area contributed by atoms with Crippen molar-refractivity contribution >= 4 is 11.9 Å². The fourth-order valence-corrected chi connectivity index (χ4v) is 3.69. The normalized spacial score (nSPS) is 29.2. The lowest BCUT2D eigenvalue weighted by molar-refractivity contribution is -0.140. The molecule has 2 heterocycles. The van der Waals surface area contributed by atoms with Crippen LogP contribution in [-0.4, -0.2) is 36.5 Å². The molecule has 0 spiro atoms. The van der Waals surface area contributed by atoms with Gasteiger partial charge < -0.3 is 9.64 Å². The largest absolute Gasteiger partial charge is 0.465 e. The third-order valence-electron chi connectivity index (χ3n) is 4.98. The number of nitrogens with zero attached hydrogens (tertiary/aromatic N) is 1. The smallest absolute Gasteiger partial charge is 0.306 e. The Balaban J connectivity index is 1.40. The fraction of sp³-hybridized carbons (Fsp3) is 0.867. The summed E-state index contributed by atoms with van der Waals surface area (Å²) >= 11 is 0. The Morgan fingerprint density at radius 3 is 2.53 bits per heavy atom. The molecule has 2 aliphatic heterocycles. The van der Waals surface area contributed by atoms with Crippen LogP contribution in [0.1, 0.15) is 44.9 Å². The van der Waals surface area contributed by atoms with Crippen LogP contribution in [0.3, 0.4) is 0 Å². The van der Waals surface area contributed by atoms with Gasteiger partial charge in [0.05, 0.1) is 13.0 Å². The zero-order valence-electron chi connectivity index (χ0n) is 11.5. The van der Waals surface area contributed by atoms with Crippen LogP contribution < -0.4 is 0 Å². The molecule has 0 aromatic carbocycles. The van der Waals surface area contributed by atoms with Gasteiger partial charge in [0.2, 0.25) is 5.91 Å². The Kier molecular flexibility index (Phi) is 3.76. The van der Waals surface area contributed by atoms with Gasteiger partial charge in [-0.05, 0) is 11.8 Å². The molecule has 3 fully saturated rings. The number of carbonyl (C=O) groups excluding carboxylic acids is 2. The van der Waals surface area contributed by atoms with Gasteiger partial charge in [0.25, 0.3) is 0 Å². The van der Waals surface area contributed by atoms with Crippen molar-refractivity contribution < 1.29 is 14.3 Å². The Labute approximate surface area is 114 Å². The van der Waals surface area contributed by atoms with Crippen molar-refractivity contribution in [2.75, 3.05) is 19.7 Å². The van der Waals surface area contributed by atoms with Crippen molar-refractivity contribution in [3.05, 3.63) is 0 Å². The molecule has 1 saturated carbocycles. The minimum absolute atomic E-state index is 0.119. The first-order valence-corrected chi connectivity index (χ1v) is 7.66. The summed E-state index contributed by atoms with van der Waals surface area (Å²) in [6.45, 7) is 2.33. The third-order valence-corrected chi connectivity index (χ3v) is 4.98. The first-order chi connectivity index (χ1) is 9.22. The highest BCUT2D eigenvalue weighted by Gasteiger charge is 2.37. The molecule has 1 aliphatic carbocycles. The lowest BCUT2D eigenvalue weighted by Gasteiger charge is -2.45. The van der Waals surface area contributed by atoms with E-state index in [4.69, 9.17) is 4.74 Å². The SMILES string of the molecule is O=C1CC(CC(=O)N2CC(C3CCCCC3)C2)CO1. The van der Waals surface area contributed by atoms with Gasteiger partial charge >= 0.3 is 5.97 Å². The number of ether oxygens (including phenoxy) is 1. The van der Waals surface area contributed by atoms with Gasteiger partial charge in [-0.2, -0.15) is 0 Å². The third kappa shape index (κ3) is 2.93.